The number of nitrogens with two attached hydrogens (primary N) is 1. The Morgan fingerprint density at radius 3 is 3.23 bits per heavy atom. The van der Waals surface area contributed by atoms with Crippen molar-refractivity contribution in [2.75, 3.05) is 0 Å². The lowest BCUT2D eigenvalue weighted by atomic mass is 9.99. The van der Waals surface area contributed by atoms with Crippen molar-refractivity contribution in [2.45, 2.75) is 31.7 Å². The molecule has 0 radical (unpaired) electrons. The normalized spacial score (nSPS) is 20.8. The summed E-state index contributed by atoms with van der Waals surface area (Å²) in [6.45, 7) is 0. The molecule has 3 nitrogen and oxygen atoms in total. The van der Waals surface area contributed by atoms with E-state index in [4.69, 9.17) is 11.0 Å². The number of aryl methyl sites for hydroxylation is 1. The fourth-order valence-corrected chi connectivity index (χ4v) is 2.73. The van der Waals surface area contributed by atoms with Crippen molar-refractivity contribution in [3.63, 3.8) is 0 Å². The van der Waals surface area contributed by atoms with Gasteiger partial charge in [0.2, 0.25) is 0 Å². The molecular weight excluding hydrogens is 182 g/mol. The molecule has 1 aromatic rings. The first kappa shape index (κ1) is 8.67. The van der Waals surface area contributed by atoms with Crippen molar-refractivity contribution >= 4 is 11.3 Å². The van der Waals surface area contributed by atoms with Crippen LogP contribution in [0, 0.1) is 11.3 Å². The second-order valence-corrected chi connectivity index (χ2v) is 4.37. The van der Waals surface area contributed by atoms with Crippen LogP contribution in [0.3, 0.4) is 0 Å². The second-order valence-electron chi connectivity index (χ2n) is 3.25. The van der Waals surface area contributed by atoms with E-state index < -0.39 is 0 Å². The molecule has 0 amide bonds. The van der Waals surface area contributed by atoms with Gasteiger partial charge in [0.1, 0.15) is 5.01 Å². The minimum Gasteiger partial charge on any atom is -0.323 e. The Bertz CT molecular complexity index is 350. The molecule has 1 atom stereocenters. The molecule has 0 saturated carbocycles. The van der Waals surface area contributed by atoms with Gasteiger partial charge in [0.05, 0.1) is 18.2 Å². The number of rotatable bonds is 1. The standard InChI is InChI=1S/C9H11N3S/c10-5-4-8-12-7-3-1-2-6(11)9(7)13-8/h6H,1-4,11H2. The summed E-state index contributed by atoms with van der Waals surface area (Å²) in [6, 6.07) is 2.28. The summed E-state index contributed by atoms with van der Waals surface area (Å²) in [5.41, 5.74) is 7.08. The predicted molar refractivity (Wildman–Crippen MR) is 51.3 cm³/mol. The zero-order valence-electron chi connectivity index (χ0n) is 7.29. The van der Waals surface area contributed by atoms with Gasteiger partial charge in [0, 0.05) is 10.9 Å². The highest BCUT2D eigenvalue weighted by atomic mass is 32.1. The molecule has 1 heterocycles. The Hall–Kier alpha value is -0.920. The van der Waals surface area contributed by atoms with Gasteiger partial charge >= 0.3 is 0 Å². The van der Waals surface area contributed by atoms with Gasteiger partial charge in [-0.25, -0.2) is 4.98 Å². The molecule has 0 aromatic carbocycles. The van der Waals surface area contributed by atoms with Crippen LogP contribution in [0.4, 0.5) is 0 Å². The Morgan fingerprint density at radius 1 is 1.69 bits per heavy atom. The third kappa shape index (κ3) is 1.58. The van der Waals surface area contributed by atoms with Crippen molar-refractivity contribution < 1.29 is 0 Å². The van der Waals surface area contributed by atoms with Gasteiger partial charge < -0.3 is 5.73 Å². The van der Waals surface area contributed by atoms with E-state index in [1.165, 1.54) is 4.88 Å². The summed E-state index contributed by atoms with van der Waals surface area (Å²) in [6.07, 6.45) is 3.64. The molecule has 2 rings (SSSR count). The lowest BCUT2D eigenvalue weighted by Crippen LogP contribution is -2.15. The number of thiazole rings is 1. The molecule has 0 aliphatic heterocycles. The number of nitrogens with zero attached hydrogens (tertiary/aromatic N) is 2. The Morgan fingerprint density at radius 2 is 2.54 bits per heavy atom. The molecule has 68 valence electrons. The van der Waals surface area contributed by atoms with Gasteiger partial charge in [-0.05, 0) is 19.3 Å². The van der Waals surface area contributed by atoms with E-state index >= 15 is 0 Å². The zero-order chi connectivity index (χ0) is 9.26. The SMILES string of the molecule is N#CCc1nc2c(s1)C(N)CCC2. The van der Waals surface area contributed by atoms with Gasteiger partial charge in [-0.2, -0.15) is 5.26 Å². The molecule has 0 fully saturated rings. The molecule has 0 saturated heterocycles. The third-order valence-corrected chi connectivity index (χ3v) is 3.50. The second kappa shape index (κ2) is 3.44. The molecule has 0 spiro atoms. The van der Waals surface area contributed by atoms with Crippen LogP contribution < -0.4 is 5.73 Å². The molecule has 1 unspecified atom stereocenters. The first-order chi connectivity index (χ1) is 6.31. The third-order valence-electron chi connectivity index (χ3n) is 2.27. The quantitative estimate of drug-likeness (QED) is 0.736. The zero-order valence-corrected chi connectivity index (χ0v) is 8.10. The Labute approximate surface area is 81.2 Å². The molecule has 2 N–H and O–H groups in total. The minimum atomic E-state index is 0.161. The fraction of sp³-hybridized carbons (Fsp3) is 0.556. The van der Waals surface area contributed by atoms with Crippen LogP contribution in [-0.4, -0.2) is 4.98 Å². The molecule has 1 aromatic heterocycles. The van der Waals surface area contributed by atoms with E-state index in [2.05, 4.69) is 11.1 Å². The maximum atomic E-state index is 8.53. The Kier molecular flexibility index (Phi) is 2.30. The summed E-state index contributed by atoms with van der Waals surface area (Å²) >= 11 is 1.61. The summed E-state index contributed by atoms with van der Waals surface area (Å²) in [5.74, 6) is 0. The van der Waals surface area contributed by atoms with Crippen LogP contribution >= 0.6 is 11.3 Å². The van der Waals surface area contributed by atoms with Gasteiger partial charge in [0.15, 0.2) is 0 Å². The van der Waals surface area contributed by atoms with Gasteiger partial charge in [0.25, 0.3) is 0 Å². The number of hydrogen-bond acceptors (Lipinski definition) is 4. The van der Waals surface area contributed by atoms with Crippen LogP contribution in [0.1, 0.15) is 34.5 Å². The molecule has 1 aliphatic rings. The maximum Gasteiger partial charge on any atom is 0.107 e. The van der Waals surface area contributed by atoms with Crippen molar-refractivity contribution in [3.05, 3.63) is 15.6 Å². The number of nitriles is 1. The summed E-state index contributed by atoms with van der Waals surface area (Å²) in [4.78, 5) is 5.61. The van der Waals surface area contributed by atoms with E-state index in [1.54, 1.807) is 11.3 Å². The van der Waals surface area contributed by atoms with Crippen LogP contribution in [-0.2, 0) is 12.8 Å². The lowest BCUT2D eigenvalue weighted by molar-refractivity contribution is 0.573. The average molecular weight is 193 g/mol. The maximum absolute atomic E-state index is 8.53. The van der Waals surface area contributed by atoms with Gasteiger partial charge in [-0.15, -0.1) is 11.3 Å². The van der Waals surface area contributed by atoms with Crippen molar-refractivity contribution in [2.24, 2.45) is 5.73 Å². The van der Waals surface area contributed by atoms with Crippen LogP contribution in [0.2, 0.25) is 0 Å². The van der Waals surface area contributed by atoms with Crippen LogP contribution in [0.15, 0.2) is 0 Å². The summed E-state index contributed by atoms with van der Waals surface area (Å²) in [5, 5.41) is 9.45. The largest absolute Gasteiger partial charge is 0.323 e. The number of fused-ring (bicyclic) bond motifs is 1. The van der Waals surface area contributed by atoms with Gasteiger partial charge in [-0.3, -0.25) is 0 Å². The lowest BCUT2D eigenvalue weighted by Gasteiger charge is -2.15. The van der Waals surface area contributed by atoms with Gasteiger partial charge in [-0.1, -0.05) is 0 Å². The van der Waals surface area contributed by atoms with Crippen molar-refractivity contribution in [1.29, 1.82) is 5.26 Å². The predicted octanol–water partition coefficient (Wildman–Crippen LogP) is 1.55. The van der Waals surface area contributed by atoms with E-state index in [0.29, 0.717) is 6.42 Å². The molecule has 1 aliphatic carbocycles. The topological polar surface area (TPSA) is 62.7 Å². The van der Waals surface area contributed by atoms with E-state index in [-0.39, 0.29) is 6.04 Å². The highest BCUT2D eigenvalue weighted by Gasteiger charge is 2.21. The first-order valence-corrected chi connectivity index (χ1v) is 5.24. The first-order valence-electron chi connectivity index (χ1n) is 4.42. The van der Waals surface area contributed by atoms with E-state index in [9.17, 15) is 0 Å². The highest BCUT2D eigenvalue weighted by molar-refractivity contribution is 7.11. The Balaban J connectivity index is 2.32. The fourth-order valence-electron chi connectivity index (χ4n) is 1.65. The van der Waals surface area contributed by atoms with Crippen LogP contribution in [0.5, 0.6) is 0 Å². The molecule has 4 heteroatoms. The highest BCUT2D eigenvalue weighted by Crippen LogP contribution is 2.32. The van der Waals surface area contributed by atoms with E-state index in [0.717, 1.165) is 30.0 Å². The summed E-state index contributed by atoms with van der Waals surface area (Å²) in [7, 11) is 0. The molecule has 0 bridgehead atoms. The number of hydrogen-bond donors (Lipinski definition) is 1. The van der Waals surface area contributed by atoms with Crippen molar-refractivity contribution in [1.82, 2.24) is 4.98 Å². The van der Waals surface area contributed by atoms with Crippen LogP contribution in [0.25, 0.3) is 0 Å². The smallest absolute Gasteiger partial charge is 0.107 e. The molecular formula is C9H11N3S. The number of aromatic nitrogens is 1. The van der Waals surface area contributed by atoms with E-state index in [1.807, 2.05) is 0 Å². The monoisotopic (exact) mass is 193 g/mol. The minimum absolute atomic E-state index is 0.161. The van der Waals surface area contributed by atoms with Crippen molar-refractivity contribution in [3.8, 4) is 6.07 Å². The molecule has 13 heavy (non-hydrogen) atoms. The average Bonchev–Trinajstić information content (AvgIpc) is 2.49. The summed E-state index contributed by atoms with van der Waals surface area (Å²) < 4.78 is 0.